The summed E-state index contributed by atoms with van der Waals surface area (Å²) in [6, 6.07) is 14.7. The number of hydrogen-bond acceptors (Lipinski definition) is 3. The van der Waals surface area contributed by atoms with Gasteiger partial charge in [0.2, 0.25) is 17.4 Å². The van der Waals surface area contributed by atoms with E-state index in [1.54, 1.807) is 18.2 Å². The summed E-state index contributed by atoms with van der Waals surface area (Å²) in [5.41, 5.74) is 1.22. The average Bonchev–Trinajstić information content (AvgIpc) is 3.23. The molecule has 0 bridgehead atoms. The second-order valence-electron chi connectivity index (χ2n) is 7.39. The molecule has 0 unspecified atom stereocenters. The van der Waals surface area contributed by atoms with E-state index in [1.807, 2.05) is 35.6 Å². The van der Waals surface area contributed by atoms with Gasteiger partial charge < -0.3 is 10.6 Å². The summed E-state index contributed by atoms with van der Waals surface area (Å²) in [6.07, 6.45) is 0.591. The monoisotopic (exact) mass is 382 g/mol. The van der Waals surface area contributed by atoms with Gasteiger partial charge in [-0.1, -0.05) is 41.9 Å². The smallest absolute Gasteiger partial charge is 0.291 e. The standard InChI is InChI=1S/C20H16ClN3O3/c21-11-6-7-13-12(9-11)20(19(27)22-13)16-15(17(25)23-18(16)26)14(24-20)8-10-4-2-1-3-5-10/h1-7,9,14-16,24H,8H2,(H,22,27)(H,23,25,26)/p+1/t14-,15-,16-,20+/m1/s1. The van der Waals surface area contributed by atoms with Crippen LogP contribution in [-0.2, 0) is 26.3 Å². The molecular weight excluding hydrogens is 366 g/mol. The number of nitrogens with two attached hydrogens (primary N) is 1. The van der Waals surface area contributed by atoms with Crippen molar-refractivity contribution in [3.05, 3.63) is 64.7 Å². The summed E-state index contributed by atoms with van der Waals surface area (Å²) in [7, 11) is 0. The van der Waals surface area contributed by atoms with Crippen LogP contribution in [0.5, 0.6) is 0 Å². The quantitative estimate of drug-likeness (QED) is 0.663. The highest BCUT2D eigenvalue weighted by Gasteiger charge is 2.72. The van der Waals surface area contributed by atoms with Crippen molar-refractivity contribution in [3.8, 4) is 0 Å². The van der Waals surface area contributed by atoms with Crippen LogP contribution in [0.1, 0.15) is 11.1 Å². The van der Waals surface area contributed by atoms with E-state index in [9.17, 15) is 14.4 Å². The van der Waals surface area contributed by atoms with Gasteiger partial charge in [0.15, 0.2) is 0 Å². The fourth-order valence-electron chi connectivity index (χ4n) is 4.94. The number of carbonyl (C=O) groups excluding carboxylic acids is 3. The van der Waals surface area contributed by atoms with Crippen LogP contribution in [0.2, 0.25) is 5.02 Å². The van der Waals surface area contributed by atoms with Crippen LogP contribution in [0.25, 0.3) is 0 Å². The number of fused-ring (bicyclic) bond motifs is 4. The van der Waals surface area contributed by atoms with Crippen molar-refractivity contribution in [2.24, 2.45) is 11.8 Å². The van der Waals surface area contributed by atoms with Gasteiger partial charge in [0.25, 0.3) is 5.91 Å². The minimum atomic E-state index is -1.17. The first-order valence-electron chi connectivity index (χ1n) is 8.87. The van der Waals surface area contributed by atoms with Gasteiger partial charge in [0, 0.05) is 17.0 Å². The molecule has 2 aromatic rings. The van der Waals surface area contributed by atoms with Gasteiger partial charge in [-0.05, 0) is 23.8 Å². The summed E-state index contributed by atoms with van der Waals surface area (Å²) < 4.78 is 0. The Hall–Kier alpha value is -2.70. The Labute approximate surface area is 160 Å². The number of hydrogen-bond donors (Lipinski definition) is 3. The molecule has 3 heterocycles. The lowest BCUT2D eigenvalue weighted by atomic mass is 9.76. The topological polar surface area (TPSA) is 91.9 Å². The SMILES string of the molecule is O=C1NC(=O)[C@H]2[C@H]1[C@@H](Cc1ccccc1)[NH2+][C@]21C(=O)Nc2ccc(Cl)cc21. The van der Waals surface area contributed by atoms with Gasteiger partial charge in [-0.3, -0.25) is 19.7 Å². The van der Waals surface area contributed by atoms with Gasteiger partial charge in [-0.15, -0.1) is 0 Å². The number of quaternary nitrogens is 1. The first kappa shape index (κ1) is 16.5. The lowest BCUT2D eigenvalue weighted by molar-refractivity contribution is -0.733. The molecule has 3 aliphatic heterocycles. The van der Waals surface area contributed by atoms with Crippen molar-refractivity contribution in [2.75, 3.05) is 5.32 Å². The number of amides is 3. The number of nitrogens with one attached hydrogen (secondary N) is 2. The fourth-order valence-corrected chi connectivity index (χ4v) is 5.11. The predicted molar refractivity (Wildman–Crippen MR) is 97.7 cm³/mol. The maximum atomic E-state index is 13.1. The minimum Gasteiger partial charge on any atom is -0.326 e. The Balaban J connectivity index is 1.64. The molecule has 136 valence electrons. The Bertz CT molecular complexity index is 993. The number of imide groups is 1. The second kappa shape index (κ2) is 5.65. The van der Waals surface area contributed by atoms with Crippen molar-refractivity contribution in [2.45, 2.75) is 18.0 Å². The maximum absolute atomic E-state index is 13.1. The van der Waals surface area contributed by atoms with Crippen molar-refractivity contribution >= 4 is 35.0 Å². The number of anilines is 1. The summed E-state index contributed by atoms with van der Waals surface area (Å²) in [4.78, 5) is 38.4. The van der Waals surface area contributed by atoms with E-state index in [0.717, 1.165) is 5.56 Å². The van der Waals surface area contributed by atoms with Crippen LogP contribution in [-0.4, -0.2) is 23.8 Å². The van der Waals surface area contributed by atoms with Crippen LogP contribution in [0, 0.1) is 11.8 Å². The lowest BCUT2D eigenvalue weighted by Gasteiger charge is -2.24. The number of carbonyl (C=O) groups is 3. The maximum Gasteiger partial charge on any atom is 0.291 e. The summed E-state index contributed by atoms with van der Waals surface area (Å²) in [5.74, 6) is -2.27. The zero-order valence-corrected chi connectivity index (χ0v) is 15.0. The first-order valence-corrected chi connectivity index (χ1v) is 9.24. The Kier molecular flexibility index (Phi) is 3.44. The molecule has 2 aromatic carbocycles. The van der Waals surface area contributed by atoms with Crippen molar-refractivity contribution < 1.29 is 19.7 Å². The van der Waals surface area contributed by atoms with Crippen LogP contribution in [0.4, 0.5) is 5.69 Å². The van der Waals surface area contributed by atoms with Crippen LogP contribution in [0.3, 0.4) is 0 Å². The van der Waals surface area contributed by atoms with E-state index in [0.29, 0.717) is 22.7 Å². The van der Waals surface area contributed by atoms with Gasteiger partial charge >= 0.3 is 0 Å². The Morgan fingerprint density at radius 3 is 2.56 bits per heavy atom. The molecule has 3 amide bonds. The zero-order valence-electron chi connectivity index (χ0n) is 14.2. The van der Waals surface area contributed by atoms with E-state index in [1.165, 1.54) is 0 Å². The minimum absolute atomic E-state index is 0.223. The molecule has 2 fully saturated rings. The molecule has 0 radical (unpaired) electrons. The Morgan fingerprint density at radius 2 is 1.78 bits per heavy atom. The second-order valence-corrected chi connectivity index (χ2v) is 7.83. The summed E-state index contributed by atoms with van der Waals surface area (Å²) in [5, 5.41) is 7.71. The molecule has 3 aliphatic rings. The molecule has 4 atom stereocenters. The van der Waals surface area contributed by atoms with E-state index in [-0.39, 0.29) is 23.8 Å². The molecule has 0 aliphatic carbocycles. The van der Waals surface area contributed by atoms with Crippen molar-refractivity contribution in [1.82, 2.24) is 5.32 Å². The van der Waals surface area contributed by atoms with E-state index < -0.39 is 17.4 Å². The molecule has 6 nitrogen and oxygen atoms in total. The third kappa shape index (κ3) is 2.20. The summed E-state index contributed by atoms with van der Waals surface area (Å²) in [6.45, 7) is 0. The third-order valence-corrected chi connectivity index (χ3v) is 6.22. The van der Waals surface area contributed by atoms with Crippen molar-refractivity contribution in [3.63, 3.8) is 0 Å². The van der Waals surface area contributed by atoms with E-state index in [2.05, 4.69) is 10.6 Å². The van der Waals surface area contributed by atoms with Gasteiger partial charge in [-0.25, -0.2) is 0 Å². The van der Waals surface area contributed by atoms with E-state index in [4.69, 9.17) is 11.6 Å². The normalized spacial score (nSPS) is 31.0. The van der Waals surface area contributed by atoms with Gasteiger partial charge in [0.1, 0.15) is 17.9 Å². The molecule has 7 heteroatoms. The largest absolute Gasteiger partial charge is 0.326 e. The predicted octanol–water partition coefficient (Wildman–Crippen LogP) is 0.564. The molecule has 1 spiro atoms. The Morgan fingerprint density at radius 1 is 1.00 bits per heavy atom. The van der Waals surface area contributed by atoms with Gasteiger partial charge in [0.05, 0.1) is 5.69 Å². The third-order valence-electron chi connectivity index (χ3n) is 5.98. The number of benzene rings is 2. The highest BCUT2D eigenvalue weighted by atomic mass is 35.5. The highest BCUT2D eigenvalue weighted by Crippen LogP contribution is 2.47. The van der Waals surface area contributed by atoms with Crippen LogP contribution in [0.15, 0.2) is 48.5 Å². The molecule has 2 saturated heterocycles. The van der Waals surface area contributed by atoms with Crippen LogP contribution < -0.4 is 16.0 Å². The number of rotatable bonds is 2. The van der Waals surface area contributed by atoms with Gasteiger partial charge in [-0.2, -0.15) is 0 Å². The fraction of sp³-hybridized carbons (Fsp3) is 0.250. The van der Waals surface area contributed by atoms with Crippen LogP contribution >= 0.6 is 11.6 Å². The summed E-state index contributed by atoms with van der Waals surface area (Å²) >= 11 is 6.19. The molecule has 4 N–H and O–H groups in total. The molecular formula is C20H17ClN3O3+. The van der Waals surface area contributed by atoms with E-state index >= 15 is 0 Å². The molecule has 5 rings (SSSR count). The molecule has 27 heavy (non-hydrogen) atoms. The highest BCUT2D eigenvalue weighted by molar-refractivity contribution is 6.31. The first-order chi connectivity index (χ1) is 13.0. The lowest BCUT2D eigenvalue weighted by Crippen LogP contribution is -2.99. The average molecular weight is 383 g/mol. The van der Waals surface area contributed by atoms with Crippen molar-refractivity contribution in [1.29, 1.82) is 0 Å². The molecule has 0 saturated carbocycles. The number of halogens is 1. The molecule has 0 aromatic heterocycles. The zero-order chi connectivity index (χ0) is 18.8.